The van der Waals surface area contributed by atoms with Gasteiger partial charge >= 0.3 is 0 Å². The van der Waals surface area contributed by atoms with Crippen LogP contribution in [0.5, 0.6) is 5.75 Å². The molecule has 168 valence electrons. The third-order valence-corrected chi connectivity index (χ3v) is 7.92. The van der Waals surface area contributed by atoms with Crippen LogP contribution in [0.25, 0.3) is 0 Å². The van der Waals surface area contributed by atoms with Gasteiger partial charge in [-0.1, -0.05) is 6.92 Å². The van der Waals surface area contributed by atoms with Crippen LogP contribution in [-0.2, 0) is 10.0 Å². The highest BCUT2D eigenvalue weighted by atomic mass is 32.2. The second kappa shape index (κ2) is 10.1. The number of nitrogens with zero attached hydrogens (tertiary/aromatic N) is 2. The maximum absolute atomic E-state index is 13.0. The van der Waals surface area contributed by atoms with Gasteiger partial charge in [0.05, 0.1) is 17.6 Å². The quantitative estimate of drug-likeness (QED) is 0.709. The van der Waals surface area contributed by atoms with Crippen molar-refractivity contribution in [1.82, 2.24) is 14.5 Å². The summed E-state index contributed by atoms with van der Waals surface area (Å²) in [5, 5.41) is 0. The van der Waals surface area contributed by atoms with Crippen LogP contribution in [0.1, 0.15) is 49.4 Å². The minimum absolute atomic E-state index is 0.111. The number of likely N-dealkylation sites (tertiary alicyclic amines) is 2. The van der Waals surface area contributed by atoms with Gasteiger partial charge in [0.2, 0.25) is 10.0 Å². The predicted octanol–water partition coefficient (Wildman–Crippen LogP) is 2.58. The van der Waals surface area contributed by atoms with Crippen LogP contribution >= 0.6 is 0 Å². The standard InChI is InChI=1S/C22H35N3O4S/c1-17-7-14-25(15-8-17)22(26)20-16-19(4-5-21(20)29-3)30(27,28)23-11-6-18-9-12-24(2)13-10-18/h4-5,16-18,23H,6-15H2,1-3H3. The second-order valence-corrected chi connectivity index (χ2v) is 10.5. The van der Waals surface area contributed by atoms with E-state index in [-0.39, 0.29) is 10.8 Å². The Labute approximate surface area is 180 Å². The summed E-state index contributed by atoms with van der Waals surface area (Å²) >= 11 is 0. The smallest absolute Gasteiger partial charge is 0.257 e. The highest BCUT2D eigenvalue weighted by Gasteiger charge is 2.26. The average Bonchev–Trinajstić information content (AvgIpc) is 2.74. The molecule has 2 saturated heterocycles. The molecule has 0 unspecified atom stereocenters. The van der Waals surface area contributed by atoms with E-state index in [2.05, 4.69) is 23.6 Å². The van der Waals surface area contributed by atoms with Gasteiger partial charge in [0.1, 0.15) is 5.75 Å². The Morgan fingerprint density at radius 1 is 1.13 bits per heavy atom. The van der Waals surface area contributed by atoms with Crippen LogP contribution in [0.2, 0.25) is 0 Å². The highest BCUT2D eigenvalue weighted by Crippen LogP contribution is 2.26. The summed E-state index contributed by atoms with van der Waals surface area (Å²) < 4.78 is 33.7. The zero-order valence-corrected chi connectivity index (χ0v) is 19.2. The first-order valence-electron chi connectivity index (χ1n) is 11.0. The summed E-state index contributed by atoms with van der Waals surface area (Å²) in [6.45, 7) is 6.11. The number of amides is 1. The van der Waals surface area contributed by atoms with E-state index in [4.69, 9.17) is 4.74 Å². The molecule has 8 heteroatoms. The Balaban J connectivity index is 1.67. The van der Waals surface area contributed by atoms with Gasteiger partial charge in [-0.05, 0) is 82.3 Å². The van der Waals surface area contributed by atoms with Crippen molar-refractivity contribution < 1.29 is 17.9 Å². The van der Waals surface area contributed by atoms with Crippen molar-refractivity contribution in [2.24, 2.45) is 11.8 Å². The molecule has 1 aromatic carbocycles. The number of carbonyl (C=O) groups is 1. The zero-order valence-electron chi connectivity index (χ0n) is 18.4. The fourth-order valence-corrected chi connectivity index (χ4v) is 5.31. The number of nitrogens with one attached hydrogen (secondary N) is 1. The lowest BCUT2D eigenvalue weighted by Gasteiger charge is -2.30. The number of carbonyl (C=O) groups excluding carboxylic acids is 1. The van der Waals surface area contributed by atoms with Gasteiger partial charge in [0, 0.05) is 19.6 Å². The number of sulfonamides is 1. The lowest BCUT2D eigenvalue weighted by molar-refractivity contribution is 0.0693. The number of benzene rings is 1. The summed E-state index contributed by atoms with van der Waals surface area (Å²) in [6, 6.07) is 4.54. The van der Waals surface area contributed by atoms with E-state index in [0.29, 0.717) is 42.8 Å². The van der Waals surface area contributed by atoms with Crippen LogP contribution in [0, 0.1) is 11.8 Å². The van der Waals surface area contributed by atoms with E-state index in [1.165, 1.54) is 19.2 Å². The Morgan fingerprint density at radius 3 is 2.43 bits per heavy atom. The van der Waals surface area contributed by atoms with Gasteiger partial charge in [-0.2, -0.15) is 0 Å². The van der Waals surface area contributed by atoms with Gasteiger partial charge in [0.15, 0.2) is 0 Å². The van der Waals surface area contributed by atoms with Crippen molar-refractivity contribution >= 4 is 15.9 Å². The average molecular weight is 438 g/mol. The lowest BCUT2D eigenvalue weighted by Crippen LogP contribution is -2.38. The molecule has 3 rings (SSSR count). The number of rotatable bonds is 7. The van der Waals surface area contributed by atoms with E-state index >= 15 is 0 Å². The normalized spacial score (nSPS) is 19.8. The lowest BCUT2D eigenvalue weighted by atomic mass is 9.94. The molecule has 0 atom stereocenters. The number of hydrogen-bond donors (Lipinski definition) is 1. The first-order chi connectivity index (χ1) is 14.3. The highest BCUT2D eigenvalue weighted by molar-refractivity contribution is 7.89. The number of methoxy groups -OCH3 is 1. The third-order valence-electron chi connectivity index (χ3n) is 6.47. The summed E-state index contributed by atoms with van der Waals surface area (Å²) in [6.07, 6.45) is 4.97. The van der Waals surface area contributed by atoms with Gasteiger partial charge in [-0.25, -0.2) is 13.1 Å². The van der Waals surface area contributed by atoms with Crippen LogP contribution in [0.15, 0.2) is 23.1 Å². The molecule has 2 aliphatic rings. The maximum Gasteiger partial charge on any atom is 0.257 e. The van der Waals surface area contributed by atoms with Crippen molar-refractivity contribution in [2.45, 2.75) is 43.9 Å². The van der Waals surface area contributed by atoms with Crippen LogP contribution in [-0.4, -0.2) is 71.0 Å². The summed E-state index contributed by atoms with van der Waals surface area (Å²) in [7, 11) is -0.0636. The Morgan fingerprint density at radius 2 is 1.80 bits per heavy atom. The first kappa shape index (κ1) is 23.0. The topological polar surface area (TPSA) is 79.0 Å². The van der Waals surface area contributed by atoms with E-state index < -0.39 is 10.0 Å². The predicted molar refractivity (Wildman–Crippen MR) is 117 cm³/mol. The third kappa shape index (κ3) is 5.74. The van der Waals surface area contributed by atoms with Crippen molar-refractivity contribution in [2.75, 3.05) is 46.9 Å². The Bertz CT molecular complexity index is 827. The van der Waals surface area contributed by atoms with E-state index in [1.807, 2.05) is 0 Å². The minimum atomic E-state index is -3.68. The minimum Gasteiger partial charge on any atom is -0.496 e. The van der Waals surface area contributed by atoms with Crippen molar-refractivity contribution in [3.63, 3.8) is 0 Å². The Hall–Kier alpha value is -1.64. The largest absolute Gasteiger partial charge is 0.496 e. The van der Waals surface area contributed by atoms with E-state index in [1.54, 1.807) is 11.0 Å². The molecule has 1 N–H and O–H groups in total. The zero-order chi connectivity index (χ0) is 21.7. The molecule has 2 aliphatic heterocycles. The molecular formula is C22H35N3O4S. The van der Waals surface area contributed by atoms with E-state index in [9.17, 15) is 13.2 Å². The molecule has 0 aromatic heterocycles. The van der Waals surface area contributed by atoms with E-state index in [0.717, 1.165) is 45.2 Å². The van der Waals surface area contributed by atoms with Crippen molar-refractivity contribution in [3.8, 4) is 5.75 Å². The second-order valence-electron chi connectivity index (χ2n) is 8.77. The molecule has 1 aromatic rings. The monoisotopic (exact) mass is 437 g/mol. The number of ether oxygens (including phenoxy) is 1. The van der Waals surface area contributed by atoms with Gasteiger partial charge < -0.3 is 14.5 Å². The van der Waals surface area contributed by atoms with Gasteiger partial charge in [-0.3, -0.25) is 4.79 Å². The molecule has 0 saturated carbocycles. The van der Waals surface area contributed by atoms with Crippen LogP contribution < -0.4 is 9.46 Å². The molecular weight excluding hydrogens is 402 g/mol. The molecule has 7 nitrogen and oxygen atoms in total. The molecule has 0 bridgehead atoms. The molecule has 0 radical (unpaired) electrons. The first-order valence-corrected chi connectivity index (χ1v) is 12.4. The molecule has 30 heavy (non-hydrogen) atoms. The van der Waals surface area contributed by atoms with Crippen molar-refractivity contribution in [1.29, 1.82) is 0 Å². The van der Waals surface area contributed by atoms with Crippen LogP contribution in [0.3, 0.4) is 0 Å². The number of piperidine rings is 2. The molecule has 1 amide bonds. The Kier molecular flexibility index (Phi) is 7.76. The van der Waals surface area contributed by atoms with Gasteiger partial charge in [-0.15, -0.1) is 0 Å². The van der Waals surface area contributed by atoms with Crippen molar-refractivity contribution in [3.05, 3.63) is 23.8 Å². The SMILES string of the molecule is COc1ccc(S(=O)(=O)NCCC2CCN(C)CC2)cc1C(=O)N1CCC(C)CC1. The molecule has 0 spiro atoms. The van der Waals surface area contributed by atoms with Gasteiger partial charge in [0.25, 0.3) is 5.91 Å². The molecule has 0 aliphatic carbocycles. The summed E-state index contributed by atoms with van der Waals surface area (Å²) in [5.41, 5.74) is 0.310. The summed E-state index contributed by atoms with van der Waals surface area (Å²) in [4.78, 5) is 17.2. The van der Waals surface area contributed by atoms with Crippen LogP contribution in [0.4, 0.5) is 0 Å². The number of hydrogen-bond acceptors (Lipinski definition) is 5. The fraction of sp³-hybridized carbons (Fsp3) is 0.682. The summed E-state index contributed by atoms with van der Waals surface area (Å²) in [5.74, 6) is 1.40. The molecule has 2 heterocycles. The molecule has 2 fully saturated rings. The maximum atomic E-state index is 13.0. The fourth-order valence-electron chi connectivity index (χ4n) is 4.23.